The molecule has 0 aliphatic carbocycles. The van der Waals surface area contributed by atoms with E-state index in [1.807, 2.05) is 158 Å². The lowest BCUT2D eigenvalue weighted by molar-refractivity contribution is 0.468. The van der Waals surface area contributed by atoms with Crippen LogP contribution in [-0.2, 0) is 0 Å². The third-order valence-electron chi connectivity index (χ3n) is 12.4. The molecule has 10 nitrogen and oxygen atoms in total. The van der Waals surface area contributed by atoms with Gasteiger partial charge in [-0.3, -0.25) is 24.9 Å². The molecule has 0 bridgehead atoms. The van der Waals surface area contributed by atoms with Crippen LogP contribution >= 0.6 is 12.2 Å². The Hall–Kier alpha value is -9.58. The molecule has 11 aromatic rings. The predicted molar refractivity (Wildman–Crippen MR) is 282 cm³/mol. The van der Waals surface area contributed by atoms with E-state index in [-0.39, 0.29) is 7.43 Å². The number of hydrogen-bond donors (Lipinski definition) is 0. The van der Waals surface area contributed by atoms with E-state index in [4.69, 9.17) is 35.6 Å². The molecule has 0 amide bonds. The number of fused-ring (bicyclic) bond motifs is 10. The van der Waals surface area contributed by atoms with Crippen LogP contribution in [0.1, 0.15) is 52.5 Å². The molecule has 5 aromatic carbocycles. The summed E-state index contributed by atoms with van der Waals surface area (Å²) in [6.45, 7) is 0. The summed E-state index contributed by atoms with van der Waals surface area (Å²) in [5, 5.41) is 0.943. The van der Waals surface area contributed by atoms with Gasteiger partial charge in [-0.1, -0.05) is 105 Å². The maximum absolute atomic E-state index is 6.13. The molecule has 0 N–H and O–H groups in total. The summed E-state index contributed by atoms with van der Waals surface area (Å²) >= 11 is 5.37. The summed E-state index contributed by atoms with van der Waals surface area (Å²) in [7, 11) is 0. The maximum atomic E-state index is 6.13. The van der Waals surface area contributed by atoms with Gasteiger partial charge in [-0.2, -0.15) is 0 Å². The Morgan fingerprint density at radius 2 is 0.583 bits per heavy atom. The SMILES string of the molecule is C.S=c1c2ccccc2oc2cccnc12.c1ccc2c(c1)Oc1cccnc1/C2=C1/c2ccccc2Oc2cccnc21.c1ccc2c(c1)Oc1cccnc1/C2=C1\c2ccccc2Oc2cccnc21. The lowest BCUT2D eigenvalue weighted by Crippen LogP contribution is -2.11. The number of benzene rings is 5. The third kappa shape index (κ3) is 7.52. The zero-order valence-electron chi connectivity index (χ0n) is 37.4. The van der Waals surface area contributed by atoms with Gasteiger partial charge in [-0.25, -0.2) is 0 Å². The Morgan fingerprint density at radius 1 is 0.292 bits per heavy atom. The monoisotopic (exact) mass is 953 g/mol. The molecule has 0 spiro atoms. The van der Waals surface area contributed by atoms with E-state index in [0.717, 1.165) is 140 Å². The van der Waals surface area contributed by atoms with E-state index in [1.54, 1.807) is 31.0 Å². The second-order valence-electron chi connectivity index (χ2n) is 16.6. The highest BCUT2D eigenvalue weighted by Crippen LogP contribution is 2.53. The summed E-state index contributed by atoms with van der Waals surface area (Å²) in [5.41, 5.74) is 13.6. The van der Waals surface area contributed by atoms with E-state index in [2.05, 4.69) is 49.2 Å². The number of pyridine rings is 5. The van der Waals surface area contributed by atoms with Crippen molar-refractivity contribution in [1.29, 1.82) is 0 Å². The molecule has 72 heavy (non-hydrogen) atoms. The van der Waals surface area contributed by atoms with Crippen LogP contribution in [0.2, 0.25) is 0 Å². The zero-order valence-corrected chi connectivity index (χ0v) is 38.2. The maximum Gasteiger partial charge on any atom is 0.154 e. The summed E-state index contributed by atoms with van der Waals surface area (Å²) in [5.74, 6) is 6.21. The highest BCUT2D eigenvalue weighted by molar-refractivity contribution is 7.72. The van der Waals surface area contributed by atoms with Gasteiger partial charge in [0, 0.05) is 80.9 Å². The number of ether oxygens (including phenoxy) is 4. The fraction of sp³-hybridized carbons (Fsp3) is 0.0164. The van der Waals surface area contributed by atoms with Crippen LogP contribution in [0.25, 0.3) is 44.4 Å². The molecule has 0 unspecified atom stereocenters. The predicted octanol–water partition coefficient (Wildman–Crippen LogP) is 15.7. The van der Waals surface area contributed by atoms with Crippen LogP contribution in [0.3, 0.4) is 0 Å². The van der Waals surface area contributed by atoms with Gasteiger partial charge in [0.05, 0.1) is 4.51 Å². The molecule has 0 fully saturated rings. The number of aromatic nitrogens is 5. The zero-order chi connectivity index (χ0) is 47.3. The third-order valence-corrected chi connectivity index (χ3v) is 12.8. The van der Waals surface area contributed by atoms with Gasteiger partial charge in [0.2, 0.25) is 0 Å². The first kappa shape index (κ1) is 43.7. The Labute approximate surface area is 418 Å². The topological polar surface area (TPSA) is 115 Å². The fourth-order valence-corrected chi connectivity index (χ4v) is 9.64. The van der Waals surface area contributed by atoms with Crippen LogP contribution in [0.15, 0.2) is 217 Å². The van der Waals surface area contributed by atoms with E-state index >= 15 is 0 Å². The average molecular weight is 954 g/mol. The highest BCUT2D eigenvalue weighted by Gasteiger charge is 2.34. The fourth-order valence-electron chi connectivity index (χ4n) is 9.32. The van der Waals surface area contributed by atoms with E-state index in [9.17, 15) is 0 Å². The van der Waals surface area contributed by atoms with E-state index in [1.165, 1.54) is 0 Å². The Bertz CT molecular complexity index is 3430. The van der Waals surface area contributed by atoms with Crippen LogP contribution in [0, 0.1) is 4.51 Å². The Balaban J connectivity index is 0.000000115. The molecule has 0 radical (unpaired) electrons. The molecule has 0 atom stereocenters. The molecule has 0 saturated carbocycles. The summed E-state index contributed by atoms with van der Waals surface area (Å²) in [6, 6.07) is 59.0. The van der Waals surface area contributed by atoms with Crippen molar-refractivity contribution in [3.8, 4) is 46.0 Å². The summed E-state index contributed by atoms with van der Waals surface area (Å²) < 4.78 is 31.0. The van der Waals surface area contributed by atoms with Crippen molar-refractivity contribution in [3.05, 3.63) is 263 Å². The lowest BCUT2D eigenvalue weighted by atomic mass is 9.86. The Morgan fingerprint density at radius 3 is 0.972 bits per heavy atom. The minimum atomic E-state index is 0. The normalized spacial score (nSPS) is 14.7. The van der Waals surface area contributed by atoms with E-state index in [0.29, 0.717) is 0 Å². The smallest absolute Gasteiger partial charge is 0.154 e. The standard InChI is InChI=1S/2C24H14N2O2.C12H7NOS.CH4/c2*1-3-9-17-15(7-1)21(23-19(27-17)11-5-13-25-23)22-16-8-2-4-10-18(16)28-20-12-6-14-26-24(20)22;15-12-8-4-1-2-5-9(8)14-10-6-3-7-13-11(10)12;/h2*1-14H;1-7H;1H4/b22-21+;22-21-;;. The Kier molecular flexibility index (Phi) is 11.2. The van der Waals surface area contributed by atoms with Gasteiger partial charge < -0.3 is 23.4 Å². The average Bonchev–Trinajstić information content (AvgIpc) is 3.43. The molecule has 6 aromatic heterocycles. The van der Waals surface area contributed by atoms with Gasteiger partial charge in [0.15, 0.2) is 28.6 Å². The van der Waals surface area contributed by atoms with Crippen LogP contribution < -0.4 is 18.9 Å². The van der Waals surface area contributed by atoms with Gasteiger partial charge in [0.1, 0.15) is 56.9 Å². The van der Waals surface area contributed by atoms with Crippen molar-refractivity contribution < 1.29 is 23.4 Å². The summed E-state index contributed by atoms with van der Waals surface area (Å²) in [4.78, 5) is 22.9. The lowest BCUT2D eigenvalue weighted by Gasteiger charge is -2.28. The minimum absolute atomic E-state index is 0. The first-order valence-electron chi connectivity index (χ1n) is 22.8. The van der Waals surface area contributed by atoms with Crippen molar-refractivity contribution >= 4 is 56.6 Å². The molecule has 4 aliphatic heterocycles. The molecule has 15 rings (SSSR count). The molecule has 4 aliphatic rings. The molecule has 11 heteroatoms. The molecular weight excluding hydrogens is 915 g/mol. The first-order chi connectivity index (χ1) is 35.2. The van der Waals surface area contributed by atoms with E-state index < -0.39 is 0 Å². The molecule has 10 heterocycles. The van der Waals surface area contributed by atoms with Gasteiger partial charge in [-0.15, -0.1) is 0 Å². The molecule has 0 saturated heterocycles. The summed E-state index contributed by atoms with van der Waals surface area (Å²) in [6.07, 6.45) is 8.90. The van der Waals surface area contributed by atoms with Crippen LogP contribution in [-0.4, -0.2) is 24.9 Å². The second kappa shape index (κ2) is 18.4. The largest absolute Gasteiger partial charge is 0.454 e. The number of para-hydroxylation sites is 5. The van der Waals surface area contributed by atoms with Crippen molar-refractivity contribution in [2.45, 2.75) is 7.43 Å². The number of nitrogens with zero attached hydrogens (tertiary/aromatic N) is 5. The molecule has 344 valence electrons. The number of hydrogen-bond acceptors (Lipinski definition) is 11. The first-order valence-corrected chi connectivity index (χ1v) is 23.2. The number of rotatable bonds is 0. The van der Waals surface area contributed by atoms with Crippen LogP contribution in [0.4, 0.5) is 0 Å². The van der Waals surface area contributed by atoms with Gasteiger partial charge >= 0.3 is 0 Å². The quantitative estimate of drug-likeness (QED) is 0.107. The van der Waals surface area contributed by atoms with Crippen molar-refractivity contribution in [3.63, 3.8) is 0 Å². The van der Waals surface area contributed by atoms with Gasteiger partial charge in [0.25, 0.3) is 0 Å². The molecular formula is C61H39N5O5S. The van der Waals surface area contributed by atoms with Crippen molar-refractivity contribution in [1.82, 2.24) is 24.9 Å². The van der Waals surface area contributed by atoms with Gasteiger partial charge in [-0.05, 0) is 97.1 Å². The second-order valence-corrected chi connectivity index (χ2v) is 17.0. The van der Waals surface area contributed by atoms with Crippen molar-refractivity contribution in [2.75, 3.05) is 0 Å². The van der Waals surface area contributed by atoms with Crippen LogP contribution in [0.5, 0.6) is 46.0 Å². The highest BCUT2D eigenvalue weighted by atomic mass is 32.1. The minimum Gasteiger partial charge on any atom is -0.454 e. The van der Waals surface area contributed by atoms with Crippen molar-refractivity contribution in [2.24, 2.45) is 0 Å².